The molecule has 1 unspecified atom stereocenters. The third-order valence-electron chi connectivity index (χ3n) is 5.40. The highest BCUT2D eigenvalue weighted by atomic mass is 16.4. The van der Waals surface area contributed by atoms with Crippen molar-refractivity contribution in [3.8, 4) is 0 Å². The molecule has 0 saturated carbocycles. The van der Waals surface area contributed by atoms with Crippen LogP contribution in [0.25, 0.3) is 11.0 Å². The van der Waals surface area contributed by atoms with Crippen LogP contribution in [0.4, 0.5) is 5.69 Å². The maximum absolute atomic E-state index is 13.0. The molecule has 3 heterocycles. The third kappa shape index (κ3) is 2.31. The van der Waals surface area contributed by atoms with E-state index in [1.165, 1.54) is 11.3 Å². The molecule has 0 spiro atoms. The average Bonchev–Trinajstić information content (AvgIpc) is 3.04. The molecule has 2 aliphatic heterocycles. The van der Waals surface area contributed by atoms with Gasteiger partial charge in [-0.15, -0.1) is 0 Å². The van der Waals surface area contributed by atoms with Crippen molar-refractivity contribution >= 4 is 22.6 Å². The zero-order valence-electron chi connectivity index (χ0n) is 14.2. The number of carbonyl (C=O) groups is 1. The minimum Gasteiger partial charge on any atom is -0.422 e. The number of amides is 1. The lowest BCUT2D eigenvalue weighted by Crippen LogP contribution is -2.54. The van der Waals surface area contributed by atoms with Crippen molar-refractivity contribution < 1.29 is 9.21 Å². The fourth-order valence-corrected chi connectivity index (χ4v) is 4.13. The topological polar surface area (TPSA) is 53.8 Å². The molecule has 5 heteroatoms. The van der Waals surface area contributed by atoms with Crippen LogP contribution in [0.3, 0.4) is 0 Å². The number of para-hydroxylation sites is 2. The van der Waals surface area contributed by atoms with Crippen LogP contribution >= 0.6 is 0 Å². The molecule has 2 aliphatic rings. The number of anilines is 1. The molecule has 0 aliphatic carbocycles. The molecule has 1 fully saturated rings. The van der Waals surface area contributed by atoms with Crippen LogP contribution in [0.15, 0.2) is 63.8 Å². The number of hydrogen-bond acceptors (Lipinski definition) is 4. The van der Waals surface area contributed by atoms with E-state index in [1.54, 1.807) is 17.0 Å². The van der Waals surface area contributed by atoms with Crippen molar-refractivity contribution in [2.75, 3.05) is 24.5 Å². The predicted octanol–water partition coefficient (Wildman–Crippen LogP) is 2.68. The second-order valence-corrected chi connectivity index (χ2v) is 6.92. The zero-order chi connectivity index (χ0) is 17.7. The van der Waals surface area contributed by atoms with Gasteiger partial charge in [0.1, 0.15) is 11.1 Å². The Bertz CT molecular complexity index is 1070. The quantitative estimate of drug-likeness (QED) is 0.636. The van der Waals surface area contributed by atoms with Gasteiger partial charge in [-0.05, 0) is 30.2 Å². The number of carbonyl (C=O) groups excluding carboxylic acids is 1. The van der Waals surface area contributed by atoms with Crippen molar-refractivity contribution in [1.29, 1.82) is 0 Å². The summed E-state index contributed by atoms with van der Waals surface area (Å²) in [7, 11) is 0. The van der Waals surface area contributed by atoms with Gasteiger partial charge in [-0.3, -0.25) is 4.79 Å². The van der Waals surface area contributed by atoms with Crippen molar-refractivity contribution in [3.05, 3.63) is 76.1 Å². The number of benzene rings is 2. The second-order valence-electron chi connectivity index (χ2n) is 6.92. The van der Waals surface area contributed by atoms with E-state index in [4.69, 9.17) is 4.42 Å². The van der Waals surface area contributed by atoms with Gasteiger partial charge >= 0.3 is 5.63 Å². The summed E-state index contributed by atoms with van der Waals surface area (Å²) in [6.45, 7) is 2.02. The molecule has 1 amide bonds. The molecule has 1 aromatic heterocycles. The molecule has 1 saturated heterocycles. The molecule has 0 N–H and O–H groups in total. The fraction of sp³-hybridized carbons (Fsp3) is 0.238. The Morgan fingerprint density at radius 2 is 1.85 bits per heavy atom. The van der Waals surface area contributed by atoms with Crippen LogP contribution < -0.4 is 10.5 Å². The fourth-order valence-electron chi connectivity index (χ4n) is 4.13. The highest BCUT2D eigenvalue weighted by molar-refractivity contribution is 5.96. The summed E-state index contributed by atoms with van der Waals surface area (Å²) >= 11 is 0. The van der Waals surface area contributed by atoms with Crippen LogP contribution in [0, 0.1) is 0 Å². The first-order chi connectivity index (χ1) is 12.7. The van der Waals surface area contributed by atoms with Crippen molar-refractivity contribution in [2.24, 2.45) is 0 Å². The number of rotatable bonds is 1. The van der Waals surface area contributed by atoms with E-state index in [0.29, 0.717) is 18.7 Å². The number of fused-ring (bicyclic) bond motifs is 4. The van der Waals surface area contributed by atoms with Gasteiger partial charge in [-0.25, -0.2) is 4.79 Å². The molecule has 130 valence electrons. The number of piperazine rings is 1. The Hall–Kier alpha value is -3.08. The second kappa shape index (κ2) is 5.73. The molecule has 0 radical (unpaired) electrons. The van der Waals surface area contributed by atoms with E-state index in [2.05, 4.69) is 29.2 Å². The largest absolute Gasteiger partial charge is 0.422 e. The first kappa shape index (κ1) is 15.2. The van der Waals surface area contributed by atoms with E-state index < -0.39 is 5.63 Å². The Balaban J connectivity index is 1.43. The van der Waals surface area contributed by atoms with Crippen LogP contribution in [0.5, 0.6) is 0 Å². The van der Waals surface area contributed by atoms with Gasteiger partial charge in [-0.1, -0.05) is 36.4 Å². The predicted molar refractivity (Wildman–Crippen MR) is 99.7 cm³/mol. The molecule has 3 aromatic rings. The van der Waals surface area contributed by atoms with Gasteiger partial charge in [0.15, 0.2) is 0 Å². The van der Waals surface area contributed by atoms with Gasteiger partial charge in [0.05, 0.1) is 6.04 Å². The third-order valence-corrected chi connectivity index (χ3v) is 5.40. The van der Waals surface area contributed by atoms with Crippen molar-refractivity contribution in [3.63, 3.8) is 0 Å². The minimum absolute atomic E-state index is 0.118. The maximum atomic E-state index is 13.0. The van der Waals surface area contributed by atoms with E-state index in [9.17, 15) is 9.59 Å². The van der Waals surface area contributed by atoms with Crippen LogP contribution in [0.2, 0.25) is 0 Å². The summed E-state index contributed by atoms with van der Waals surface area (Å²) in [5.41, 5.74) is 2.66. The Morgan fingerprint density at radius 1 is 1.04 bits per heavy atom. The summed E-state index contributed by atoms with van der Waals surface area (Å²) < 4.78 is 5.33. The standard InChI is InChI=1S/C21H18N2O3/c24-20(17-12-15-6-2-4-8-19(15)26-21(17)25)22-9-10-23-16(13-22)11-14-5-1-3-7-18(14)23/h1-8,12,16H,9-11,13H2. The first-order valence-corrected chi connectivity index (χ1v) is 8.87. The smallest absolute Gasteiger partial charge is 0.349 e. The molecule has 2 aromatic carbocycles. The Kier molecular flexibility index (Phi) is 3.35. The van der Waals surface area contributed by atoms with Crippen LogP contribution in [0.1, 0.15) is 15.9 Å². The summed E-state index contributed by atoms with van der Waals surface area (Å²) in [5.74, 6) is -0.236. The van der Waals surface area contributed by atoms with E-state index in [1.807, 2.05) is 18.2 Å². The number of nitrogens with zero attached hydrogens (tertiary/aromatic N) is 2. The van der Waals surface area contributed by atoms with Gasteiger partial charge < -0.3 is 14.2 Å². The first-order valence-electron chi connectivity index (χ1n) is 8.87. The van der Waals surface area contributed by atoms with Gasteiger partial charge in [-0.2, -0.15) is 0 Å². The minimum atomic E-state index is -0.564. The summed E-state index contributed by atoms with van der Waals surface area (Å²) in [5, 5.41) is 0.766. The molecular weight excluding hydrogens is 328 g/mol. The lowest BCUT2D eigenvalue weighted by molar-refractivity contribution is 0.0721. The van der Waals surface area contributed by atoms with Crippen LogP contribution in [-0.4, -0.2) is 36.5 Å². The molecule has 5 rings (SSSR count). The molecular formula is C21H18N2O3. The molecule has 26 heavy (non-hydrogen) atoms. The van der Waals surface area contributed by atoms with Gasteiger partial charge in [0.2, 0.25) is 0 Å². The SMILES string of the molecule is O=C(c1cc2ccccc2oc1=O)N1CCN2c3ccccc3CC2C1. The van der Waals surface area contributed by atoms with Gasteiger partial charge in [0, 0.05) is 30.7 Å². The molecule has 5 nitrogen and oxygen atoms in total. The molecule has 0 bridgehead atoms. The van der Waals surface area contributed by atoms with Crippen molar-refractivity contribution in [2.45, 2.75) is 12.5 Å². The maximum Gasteiger partial charge on any atom is 0.349 e. The van der Waals surface area contributed by atoms with E-state index in [0.717, 1.165) is 18.4 Å². The lowest BCUT2D eigenvalue weighted by atomic mass is 10.1. The normalized spacial score (nSPS) is 18.7. The summed E-state index contributed by atoms with van der Waals surface area (Å²) in [6.07, 6.45) is 0.937. The Morgan fingerprint density at radius 3 is 2.77 bits per heavy atom. The Labute approximate surface area is 150 Å². The highest BCUT2D eigenvalue weighted by Gasteiger charge is 2.36. The van der Waals surface area contributed by atoms with Crippen LogP contribution in [-0.2, 0) is 6.42 Å². The van der Waals surface area contributed by atoms with E-state index >= 15 is 0 Å². The summed E-state index contributed by atoms with van der Waals surface area (Å²) in [6, 6.07) is 17.6. The molecule has 1 atom stereocenters. The number of hydrogen-bond donors (Lipinski definition) is 0. The van der Waals surface area contributed by atoms with E-state index in [-0.39, 0.29) is 17.5 Å². The summed E-state index contributed by atoms with van der Waals surface area (Å²) in [4.78, 5) is 29.4. The lowest BCUT2D eigenvalue weighted by Gasteiger charge is -2.39. The monoisotopic (exact) mass is 346 g/mol. The highest BCUT2D eigenvalue weighted by Crippen LogP contribution is 2.34. The average molecular weight is 346 g/mol. The van der Waals surface area contributed by atoms with Gasteiger partial charge in [0.25, 0.3) is 5.91 Å². The zero-order valence-corrected chi connectivity index (χ0v) is 14.2. The van der Waals surface area contributed by atoms with Crippen molar-refractivity contribution in [1.82, 2.24) is 4.90 Å².